The third kappa shape index (κ3) is 4.46. The van der Waals surface area contributed by atoms with Crippen LogP contribution in [0.25, 0.3) is 17.0 Å². The van der Waals surface area contributed by atoms with Gasteiger partial charge >= 0.3 is 5.63 Å². The number of rotatable bonds is 7. The third-order valence-electron chi connectivity index (χ3n) is 4.56. The van der Waals surface area contributed by atoms with Crippen molar-refractivity contribution in [2.75, 3.05) is 18.0 Å². The molecule has 1 heterocycles. The molecular weight excluding hydrogens is 350 g/mol. The highest BCUT2D eigenvalue weighted by molar-refractivity contribution is 6.06. The van der Waals surface area contributed by atoms with Gasteiger partial charge in [-0.2, -0.15) is 0 Å². The molecule has 4 heteroatoms. The van der Waals surface area contributed by atoms with E-state index < -0.39 is 5.63 Å². The van der Waals surface area contributed by atoms with E-state index in [1.54, 1.807) is 18.2 Å². The summed E-state index contributed by atoms with van der Waals surface area (Å²) in [6.45, 7) is 5.88. The van der Waals surface area contributed by atoms with Gasteiger partial charge < -0.3 is 9.32 Å². The standard InChI is InChI=1S/C24H23NO3/c1-3-25(4-2)20-15-14-19-16-21(24(27)28-23(19)17-20)22(26)13-9-8-12-18-10-6-5-7-11-18/h5-17H,3-4H2,1-2H3. The highest BCUT2D eigenvalue weighted by Crippen LogP contribution is 2.22. The molecule has 0 aliphatic rings. The molecule has 0 unspecified atom stereocenters. The Morgan fingerprint density at radius 3 is 2.46 bits per heavy atom. The van der Waals surface area contributed by atoms with E-state index in [2.05, 4.69) is 18.7 Å². The molecule has 0 radical (unpaired) electrons. The predicted molar refractivity (Wildman–Crippen MR) is 115 cm³/mol. The number of nitrogens with zero attached hydrogens (tertiary/aromatic N) is 1. The lowest BCUT2D eigenvalue weighted by atomic mass is 10.1. The van der Waals surface area contributed by atoms with Crippen LogP contribution in [0.3, 0.4) is 0 Å². The first-order valence-electron chi connectivity index (χ1n) is 9.39. The van der Waals surface area contributed by atoms with Gasteiger partial charge in [0.05, 0.1) is 0 Å². The number of allylic oxidation sites excluding steroid dienone is 3. The third-order valence-corrected chi connectivity index (χ3v) is 4.56. The molecule has 0 N–H and O–H groups in total. The SMILES string of the molecule is CCN(CC)c1ccc2cc(C(=O)C=CC=Cc3ccccc3)c(=O)oc2c1. The summed E-state index contributed by atoms with van der Waals surface area (Å²) in [5.41, 5.74) is 1.93. The normalized spacial score (nSPS) is 11.5. The molecule has 0 aliphatic carbocycles. The van der Waals surface area contributed by atoms with E-state index in [-0.39, 0.29) is 11.3 Å². The summed E-state index contributed by atoms with van der Waals surface area (Å²) in [5.74, 6) is -0.374. The number of hydrogen-bond acceptors (Lipinski definition) is 4. The van der Waals surface area contributed by atoms with Crippen LogP contribution in [0.4, 0.5) is 5.69 Å². The fourth-order valence-corrected chi connectivity index (χ4v) is 3.02. The van der Waals surface area contributed by atoms with Crippen LogP contribution in [0, 0.1) is 0 Å². The summed E-state index contributed by atoms with van der Waals surface area (Å²) in [6.07, 6.45) is 6.66. The van der Waals surface area contributed by atoms with Gasteiger partial charge in [-0.25, -0.2) is 4.79 Å². The zero-order chi connectivity index (χ0) is 19.9. The molecule has 142 valence electrons. The Morgan fingerprint density at radius 2 is 1.75 bits per heavy atom. The van der Waals surface area contributed by atoms with Crippen LogP contribution < -0.4 is 10.5 Å². The first-order valence-corrected chi connectivity index (χ1v) is 9.39. The van der Waals surface area contributed by atoms with E-state index in [4.69, 9.17) is 4.42 Å². The maximum absolute atomic E-state index is 12.4. The van der Waals surface area contributed by atoms with E-state index in [9.17, 15) is 9.59 Å². The van der Waals surface area contributed by atoms with Gasteiger partial charge in [0.15, 0.2) is 5.78 Å². The van der Waals surface area contributed by atoms with Crippen molar-refractivity contribution in [2.24, 2.45) is 0 Å². The van der Waals surface area contributed by atoms with E-state index in [1.165, 1.54) is 6.08 Å². The first-order chi connectivity index (χ1) is 13.6. The number of hydrogen-bond donors (Lipinski definition) is 0. The van der Waals surface area contributed by atoms with E-state index in [0.717, 1.165) is 29.7 Å². The lowest BCUT2D eigenvalue weighted by Gasteiger charge is -2.20. The van der Waals surface area contributed by atoms with Crippen LogP contribution in [0.2, 0.25) is 0 Å². The fraction of sp³-hybridized carbons (Fsp3) is 0.167. The summed E-state index contributed by atoms with van der Waals surface area (Å²) in [7, 11) is 0. The number of fused-ring (bicyclic) bond motifs is 1. The van der Waals surface area contributed by atoms with Crippen molar-refractivity contribution < 1.29 is 9.21 Å². The summed E-state index contributed by atoms with van der Waals surface area (Å²) < 4.78 is 5.41. The van der Waals surface area contributed by atoms with Gasteiger partial charge in [-0.05, 0) is 43.7 Å². The summed E-state index contributed by atoms with van der Waals surface area (Å²) in [4.78, 5) is 26.9. The Hall–Kier alpha value is -3.40. The van der Waals surface area contributed by atoms with E-state index in [0.29, 0.717) is 5.58 Å². The molecule has 0 bridgehead atoms. The lowest BCUT2D eigenvalue weighted by Crippen LogP contribution is -2.21. The van der Waals surface area contributed by atoms with Crippen LogP contribution >= 0.6 is 0 Å². The van der Waals surface area contributed by atoms with Gasteiger partial charge in [-0.1, -0.05) is 48.6 Å². The van der Waals surface area contributed by atoms with Crippen molar-refractivity contribution in [1.82, 2.24) is 0 Å². The largest absolute Gasteiger partial charge is 0.422 e. The molecule has 0 aliphatic heterocycles. The molecule has 0 saturated carbocycles. The average Bonchev–Trinajstić information content (AvgIpc) is 2.72. The van der Waals surface area contributed by atoms with Crippen LogP contribution in [-0.2, 0) is 0 Å². The van der Waals surface area contributed by atoms with Crippen LogP contribution in [0.1, 0.15) is 29.8 Å². The Balaban J connectivity index is 1.82. The van der Waals surface area contributed by atoms with Crippen molar-refractivity contribution in [3.8, 4) is 0 Å². The van der Waals surface area contributed by atoms with Gasteiger partial charge in [0.1, 0.15) is 11.1 Å². The van der Waals surface area contributed by atoms with Crippen molar-refractivity contribution in [3.05, 3.63) is 94.4 Å². The number of carbonyl (C=O) groups excluding carboxylic acids is 1. The van der Waals surface area contributed by atoms with Gasteiger partial charge in [0.2, 0.25) is 0 Å². The fourth-order valence-electron chi connectivity index (χ4n) is 3.02. The number of ketones is 1. The Bertz CT molecular complexity index is 1070. The molecule has 0 fully saturated rings. The Kier molecular flexibility index (Phi) is 6.22. The molecule has 1 aromatic heterocycles. The predicted octanol–water partition coefficient (Wildman–Crippen LogP) is 5.09. The maximum atomic E-state index is 12.4. The number of anilines is 1. The van der Waals surface area contributed by atoms with Crippen molar-refractivity contribution >= 4 is 28.5 Å². The molecule has 28 heavy (non-hydrogen) atoms. The highest BCUT2D eigenvalue weighted by Gasteiger charge is 2.12. The topological polar surface area (TPSA) is 50.5 Å². The molecule has 0 amide bonds. The Morgan fingerprint density at radius 1 is 1.00 bits per heavy atom. The van der Waals surface area contributed by atoms with E-state index in [1.807, 2.05) is 54.6 Å². The van der Waals surface area contributed by atoms with Crippen molar-refractivity contribution in [1.29, 1.82) is 0 Å². The minimum atomic E-state index is -0.620. The second kappa shape index (κ2) is 9.00. The van der Waals surface area contributed by atoms with Crippen molar-refractivity contribution in [3.63, 3.8) is 0 Å². The zero-order valence-electron chi connectivity index (χ0n) is 16.1. The molecule has 0 saturated heterocycles. The molecule has 0 spiro atoms. The average molecular weight is 373 g/mol. The van der Waals surface area contributed by atoms with Gasteiger partial charge in [0, 0.05) is 30.2 Å². The van der Waals surface area contributed by atoms with Crippen LogP contribution in [0.15, 0.2) is 82.0 Å². The van der Waals surface area contributed by atoms with Gasteiger partial charge in [0.25, 0.3) is 0 Å². The number of benzene rings is 2. The lowest BCUT2D eigenvalue weighted by molar-refractivity contribution is 0.104. The maximum Gasteiger partial charge on any atom is 0.347 e. The smallest absolute Gasteiger partial charge is 0.347 e. The minimum absolute atomic E-state index is 0.0347. The second-order valence-corrected chi connectivity index (χ2v) is 6.34. The Labute approximate surface area is 164 Å². The molecule has 3 rings (SSSR count). The molecular formula is C24H23NO3. The summed E-state index contributed by atoms with van der Waals surface area (Å²) in [6, 6.07) is 17.1. The minimum Gasteiger partial charge on any atom is -0.422 e. The first kappa shape index (κ1) is 19.4. The number of carbonyl (C=O) groups is 1. The zero-order valence-corrected chi connectivity index (χ0v) is 16.1. The summed E-state index contributed by atoms with van der Waals surface area (Å²) >= 11 is 0. The molecule has 0 atom stereocenters. The quantitative estimate of drug-likeness (QED) is 0.250. The summed E-state index contributed by atoms with van der Waals surface area (Å²) in [5, 5.41) is 0.729. The van der Waals surface area contributed by atoms with Crippen molar-refractivity contribution in [2.45, 2.75) is 13.8 Å². The molecule has 3 aromatic rings. The van der Waals surface area contributed by atoms with Gasteiger partial charge in [-0.15, -0.1) is 0 Å². The second-order valence-electron chi connectivity index (χ2n) is 6.34. The van der Waals surface area contributed by atoms with Crippen LogP contribution in [0.5, 0.6) is 0 Å². The highest BCUT2D eigenvalue weighted by atomic mass is 16.4. The van der Waals surface area contributed by atoms with Gasteiger partial charge in [-0.3, -0.25) is 4.79 Å². The monoisotopic (exact) mass is 373 g/mol. The molecule has 2 aromatic carbocycles. The van der Waals surface area contributed by atoms with Crippen LogP contribution in [-0.4, -0.2) is 18.9 Å². The molecule has 4 nitrogen and oxygen atoms in total. The van der Waals surface area contributed by atoms with E-state index >= 15 is 0 Å².